The number of hydrogen-bond donors (Lipinski definition) is 0. The summed E-state index contributed by atoms with van der Waals surface area (Å²) < 4.78 is 2.30. The van der Waals surface area contributed by atoms with E-state index in [0.29, 0.717) is 0 Å². The number of nitrogens with zero attached hydrogens (tertiary/aromatic N) is 3. The standard InChI is InChI=1S/C11H19N3/c1-3-11-12-6-8-14(11)9-10-5-4-7-13(10)2/h6,8,10H,3-5,7,9H2,1-2H3. The summed E-state index contributed by atoms with van der Waals surface area (Å²) in [4.78, 5) is 6.80. The summed E-state index contributed by atoms with van der Waals surface area (Å²) in [6.45, 7) is 4.53. The van der Waals surface area contributed by atoms with Crippen LogP contribution in [0.2, 0.25) is 0 Å². The summed E-state index contributed by atoms with van der Waals surface area (Å²) in [5, 5.41) is 0. The van der Waals surface area contributed by atoms with Gasteiger partial charge >= 0.3 is 0 Å². The van der Waals surface area contributed by atoms with Crippen LogP contribution >= 0.6 is 0 Å². The minimum absolute atomic E-state index is 0.717. The van der Waals surface area contributed by atoms with Gasteiger partial charge in [-0.2, -0.15) is 0 Å². The molecule has 0 saturated carbocycles. The molecule has 3 nitrogen and oxygen atoms in total. The van der Waals surface area contributed by atoms with E-state index in [1.165, 1.54) is 25.2 Å². The molecule has 0 spiro atoms. The van der Waals surface area contributed by atoms with E-state index in [9.17, 15) is 0 Å². The van der Waals surface area contributed by atoms with Crippen LogP contribution in [0.3, 0.4) is 0 Å². The highest BCUT2D eigenvalue weighted by molar-refractivity contribution is 4.93. The molecule has 14 heavy (non-hydrogen) atoms. The zero-order chi connectivity index (χ0) is 9.97. The Morgan fingerprint density at radius 1 is 1.57 bits per heavy atom. The van der Waals surface area contributed by atoms with Crippen LogP contribution in [0.4, 0.5) is 0 Å². The molecular formula is C11H19N3. The summed E-state index contributed by atoms with van der Waals surface area (Å²) >= 11 is 0. The summed E-state index contributed by atoms with van der Waals surface area (Å²) in [7, 11) is 2.22. The lowest BCUT2D eigenvalue weighted by atomic mass is 10.2. The first-order valence-corrected chi connectivity index (χ1v) is 5.51. The average molecular weight is 193 g/mol. The minimum atomic E-state index is 0.717. The van der Waals surface area contributed by atoms with Crippen molar-refractivity contribution in [2.75, 3.05) is 13.6 Å². The fourth-order valence-corrected chi connectivity index (χ4v) is 2.26. The monoisotopic (exact) mass is 193 g/mol. The third kappa shape index (κ3) is 1.82. The van der Waals surface area contributed by atoms with E-state index < -0.39 is 0 Å². The smallest absolute Gasteiger partial charge is 0.108 e. The van der Waals surface area contributed by atoms with Crippen LogP contribution in [0.25, 0.3) is 0 Å². The van der Waals surface area contributed by atoms with E-state index in [0.717, 1.165) is 19.0 Å². The summed E-state index contributed by atoms with van der Waals surface area (Å²) in [6, 6.07) is 0.717. The normalized spacial score (nSPS) is 23.1. The maximum atomic E-state index is 4.35. The van der Waals surface area contributed by atoms with Crippen molar-refractivity contribution in [1.29, 1.82) is 0 Å². The van der Waals surface area contributed by atoms with Gasteiger partial charge in [-0.3, -0.25) is 0 Å². The van der Waals surface area contributed by atoms with Crippen LogP contribution in [-0.2, 0) is 13.0 Å². The molecule has 1 aliphatic rings. The Kier molecular flexibility index (Phi) is 2.87. The van der Waals surface area contributed by atoms with Gasteiger partial charge in [-0.05, 0) is 26.4 Å². The molecule has 1 fully saturated rings. The molecular weight excluding hydrogens is 174 g/mol. The first-order chi connectivity index (χ1) is 6.81. The van der Waals surface area contributed by atoms with E-state index in [4.69, 9.17) is 0 Å². The third-order valence-electron chi connectivity index (χ3n) is 3.20. The molecule has 0 N–H and O–H groups in total. The largest absolute Gasteiger partial charge is 0.333 e. The van der Waals surface area contributed by atoms with Crippen LogP contribution in [0, 0.1) is 0 Å². The predicted octanol–water partition coefficient (Wildman–Crippen LogP) is 1.54. The lowest BCUT2D eigenvalue weighted by molar-refractivity contribution is 0.280. The first kappa shape index (κ1) is 9.71. The van der Waals surface area contributed by atoms with Crippen LogP contribution in [0.5, 0.6) is 0 Å². The fraction of sp³-hybridized carbons (Fsp3) is 0.727. The summed E-state index contributed by atoms with van der Waals surface area (Å²) in [5.41, 5.74) is 0. The zero-order valence-corrected chi connectivity index (χ0v) is 9.11. The number of likely N-dealkylation sites (tertiary alicyclic amines) is 1. The second kappa shape index (κ2) is 4.13. The molecule has 1 aromatic rings. The Labute approximate surface area is 85.7 Å². The molecule has 0 bridgehead atoms. The van der Waals surface area contributed by atoms with Gasteiger partial charge in [0.1, 0.15) is 5.82 Å². The van der Waals surface area contributed by atoms with E-state index in [-0.39, 0.29) is 0 Å². The molecule has 0 radical (unpaired) electrons. The Morgan fingerprint density at radius 2 is 2.43 bits per heavy atom. The highest BCUT2D eigenvalue weighted by Gasteiger charge is 2.21. The second-order valence-electron chi connectivity index (χ2n) is 4.13. The van der Waals surface area contributed by atoms with Crippen molar-refractivity contribution in [2.24, 2.45) is 0 Å². The summed E-state index contributed by atoms with van der Waals surface area (Å²) in [5.74, 6) is 1.21. The van der Waals surface area contributed by atoms with Gasteiger partial charge in [0.15, 0.2) is 0 Å². The maximum Gasteiger partial charge on any atom is 0.108 e. The van der Waals surface area contributed by atoms with Crippen molar-refractivity contribution in [1.82, 2.24) is 14.5 Å². The number of likely N-dealkylation sites (N-methyl/N-ethyl adjacent to an activating group) is 1. The quantitative estimate of drug-likeness (QED) is 0.726. The SMILES string of the molecule is CCc1nccn1CC1CCCN1C. The van der Waals surface area contributed by atoms with Gasteiger partial charge < -0.3 is 9.47 Å². The number of aromatic nitrogens is 2. The maximum absolute atomic E-state index is 4.35. The van der Waals surface area contributed by atoms with Crippen molar-refractivity contribution in [3.8, 4) is 0 Å². The molecule has 2 rings (SSSR count). The van der Waals surface area contributed by atoms with Gasteiger partial charge in [-0.25, -0.2) is 4.98 Å². The molecule has 78 valence electrons. The highest BCUT2D eigenvalue weighted by atomic mass is 15.2. The minimum Gasteiger partial charge on any atom is -0.333 e. The molecule has 2 heterocycles. The molecule has 1 unspecified atom stereocenters. The van der Waals surface area contributed by atoms with Crippen molar-refractivity contribution in [3.63, 3.8) is 0 Å². The van der Waals surface area contributed by atoms with Gasteiger partial charge in [0.2, 0.25) is 0 Å². The molecule has 0 aliphatic carbocycles. The van der Waals surface area contributed by atoms with Gasteiger partial charge in [0.05, 0.1) is 0 Å². The van der Waals surface area contributed by atoms with Crippen LogP contribution in [0.15, 0.2) is 12.4 Å². The second-order valence-corrected chi connectivity index (χ2v) is 4.13. The summed E-state index contributed by atoms with van der Waals surface area (Å²) in [6.07, 6.45) is 7.72. The zero-order valence-electron chi connectivity index (χ0n) is 9.11. The average Bonchev–Trinajstić information content (AvgIpc) is 2.77. The molecule has 0 aromatic carbocycles. The lowest BCUT2D eigenvalue weighted by Gasteiger charge is -2.20. The van der Waals surface area contributed by atoms with Gasteiger partial charge in [-0.1, -0.05) is 6.92 Å². The molecule has 1 saturated heterocycles. The topological polar surface area (TPSA) is 21.1 Å². The van der Waals surface area contributed by atoms with E-state index in [1.54, 1.807) is 0 Å². The highest BCUT2D eigenvalue weighted by Crippen LogP contribution is 2.17. The molecule has 1 atom stereocenters. The molecule has 0 amide bonds. The van der Waals surface area contributed by atoms with E-state index in [1.807, 2.05) is 6.20 Å². The van der Waals surface area contributed by atoms with E-state index in [2.05, 4.69) is 34.6 Å². The number of hydrogen-bond acceptors (Lipinski definition) is 2. The number of rotatable bonds is 3. The predicted molar refractivity (Wildman–Crippen MR) is 57.3 cm³/mol. The Morgan fingerprint density at radius 3 is 3.07 bits per heavy atom. The molecule has 1 aromatic heterocycles. The lowest BCUT2D eigenvalue weighted by Crippen LogP contribution is -2.29. The fourth-order valence-electron chi connectivity index (χ4n) is 2.26. The molecule has 1 aliphatic heterocycles. The van der Waals surface area contributed by atoms with Gasteiger partial charge in [-0.15, -0.1) is 0 Å². The van der Waals surface area contributed by atoms with E-state index >= 15 is 0 Å². The Balaban J connectivity index is 2.02. The van der Waals surface area contributed by atoms with Crippen LogP contribution < -0.4 is 0 Å². The number of aryl methyl sites for hydroxylation is 1. The Bertz CT molecular complexity index is 292. The van der Waals surface area contributed by atoms with Crippen LogP contribution in [0.1, 0.15) is 25.6 Å². The van der Waals surface area contributed by atoms with Crippen molar-refractivity contribution in [2.45, 2.75) is 38.8 Å². The van der Waals surface area contributed by atoms with Crippen molar-refractivity contribution >= 4 is 0 Å². The van der Waals surface area contributed by atoms with Crippen LogP contribution in [-0.4, -0.2) is 34.1 Å². The third-order valence-corrected chi connectivity index (χ3v) is 3.20. The van der Waals surface area contributed by atoms with Crippen molar-refractivity contribution < 1.29 is 0 Å². The Hall–Kier alpha value is -0.830. The van der Waals surface area contributed by atoms with Gasteiger partial charge in [0, 0.05) is 31.4 Å². The first-order valence-electron chi connectivity index (χ1n) is 5.51. The molecule has 3 heteroatoms. The van der Waals surface area contributed by atoms with Crippen molar-refractivity contribution in [3.05, 3.63) is 18.2 Å². The van der Waals surface area contributed by atoms with Gasteiger partial charge in [0.25, 0.3) is 0 Å². The number of imidazole rings is 1.